The first-order valence-electron chi connectivity index (χ1n) is 12.5. The molecule has 1 amide bonds. The van der Waals surface area contributed by atoms with E-state index >= 15 is 0 Å². The summed E-state index contributed by atoms with van der Waals surface area (Å²) in [6.45, 7) is 4.19. The number of aromatic nitrogens is 1. The van der Waals surface area contributed by atoms with Gasteiger partial charge in [0.2, 0.25) is 5.88 Å². The molecule has 12 heteroatoms. The van der Waals surface area contributed by atoms with Crippen LogP contribution in [0.3, 0.4) is 0 Å². The van der Waals surface area contributed by atoms with Crippen molar-refractivity contribution in [3.05, 3.63) is 82.0 Å². The zero-order chi connectivity index (χ0) is 29.1. The molecule has 2 heterocycles. The van der Waals surface area contributed by atoms with Crippen LogP contribution in [0.4, 0.5) is 18.9 Å². The van der Waals surface area contributed by atoms with Crippen LogP contribution in [-0.4, -0.2) is 59.3 Å². The number of rotatable bonds is 8. The predicted molar refractivity (Wildman–Crippen MR) is 146 cm³/mol. The molecule has 1 saturated heterocycles. The number of aliphatic hydroxyl groups excluding tert-OH is 1. The fourth-order valence-corrected chi connectivity index (χ4v) is 4.90. The van der Waals surface area contributed by atoms with E-state index in [1.165, 1.54) is 0 Å². The zero-order valence-corrected chi connectivity index (χ0v) is 23.3. The van der Waals surface area contributed by atoms with Gasteiger partial charge in [-0.2, -0.15) is 13.2 Å². The van der Waals surface area contributed by atoms with Crippen molar-refractivity contribution in [2.45, 2.75) is 31.7 Å². The Balaban J connectivity index is 1.56. The lowest BCUT2D eigenvalue weighted by atomic mass is 9.99. The highest BCUT2D eigenvalue weighted by Crippen LogP contribution is 2.38. The maximum atomic E-state index is 13.6. The van der Waals surface area contributed by atoms with Gasteiger partial charge in [0.15, 0.2) is 5.60 Å². The van der Waals surface area contributed by atoms with Gasteiger partial charge >= 0.3 is 6.18 Å². The number of amides is 1. The summed E-state index contributed by atoms with van der Waals surface area (Å²) in [5.74, 6) is 0.0941. The third kappa shape index (κ3) is 6.92. The highest BCUT2D eigenvalue weighted by atomic mass is 35.5. The van der Waals surface area contributed by atoms with Gasteiger partial charge in [-0.25, -0.2) is 4.98 Å². The number of pyridine rings is 1. The Hall–Kier alpha value is -3.21. The van der Waals surface area contributed by atoms with Crippen molar-refractivity contribution < 1.29 is 32.5 Å². The number of hydrogen-bond donors (Lipinski definition) is 1. The third-order valence-corrected chi connectivity index (χ3v) is 7.00. The standard InChI is InChI=1S/C28H28Cl2F3N3O4/c1-27(2,40-25-10-5-19(16-34-25)28(31,32)33)26(38)35-11-12-36(24(17-35)18-3-6-20(29)7-4-18)23-9-8-21(15-22(23)30)39-14-13-37/h3-10,15-16,24,37H,11-14,17H2,1-2H3/t24-/m0/s1. The van der Waals surface area contributed by atoms with Crippen LogP contribution in [0.15, 0.2) is 60.8 Å². The number of nitrogens with zero attached hydrogens (tertiary/aromatic N) is 3. The number of aliphatic hydroxyl groups is 1. The molecule has 1 aromatic heterocycles. The van der Waals surface area contributed by atoms with Gasteiger partial charge in [0.25, 0.3) is 5.91 Å². The fraction of sp³-hybridized carbons (Fsp3) is 0.357. The summed E-state index contributed by atoms with van der Waals surface area (Å²) in [5, 5.41) is 10.0. The number of benzene rings is 2. The second-order valence-corrected chi connectivity index (χ2v) is 10.5. The number of anilines is 1. The molecular weight excluding hydrogens is 570 g/mol. The Bertz CT molecular complexity index is 1320. The molecule has 0 unspecified atom stereocenters. The monoisotopic (exact) mass is 597 g/mol. The van der Waals surface area contributed by atoms with Crippen LogP contribution in [0.5, 0.6) is 11.6 Å². The van der Waals surface area contributed by atoms with E-state index in [1.54, 1.807) is 43.0 Å². The molecule has 0 bridgehead atoms. The molecule has 1 aliphatic heterocycles. The van der Waals surface area contributed by atoms with Gasteiger partial charge < -0.3 is 24.4 Å². The van der Waals surface area contributed by atoms with Crippen LogP contribution in [0, 0.1) is 0 Å². The molecule has 0 aliphatic carbocycles. The van der Waals surface area contributed by atoms with Crippen LogP contribution in [0.2, 0.25) is 10.0 Å². The lowest BCUT2D eigenvalue weighted by Gasteiger charge is -2.45. The van der Waals surface area contributed by atoms with Crippen molar-refractivity contribution in [1.29, 1.82) is 0 Å². The number of hydrogen-bond acceptors (Lipinski definition) is 6. The highest BCUT2D eigenvalue weighted by molar-refractivity contribution is 6.33. The number of halogens is 5. The number of alkyl halides is 3. The Kier molecular flexibility index (Phi) is 9.02. The molecule has 214 valence electrons. The van der Waals surface area contributed by atoms with Crippen molar-refractivity contribution in [1.82, 2.24) is 9.88 Å². The van der Waals surface area contributed by atoms with Gasteiger partial charge in [-0.1, -0.05) is 35.3 Å². The minimum Gasteiger partial charge on any atom is -0.491 e. The van der Waals surface area contributed by atoms with Crippen molar-refractivity contribution in [3.63, 3.8) is 0 Å². The molecule has 40 heavy (non-hydrogen) atoms. The Morgan fingerprint density at radius 1 is 1.07 bits per heavy atom. The van der Waals surface area contributed by atoms with Crippen molar-refractivity contribution in [2.75, 3.05) is 37.7 Å². The summed E-state index contributed by atoms with van der Waals surface area (Å²) < 4.78 is 49.9. The van der Waals surface area contributed by atoms with E-state index in [9.17, 15) is 18.0 Å². The lowest BCUT2D eigenvalue weighted by molar-refractivity contribution is -0.146. The van der Waals surface area contributed by atoms with E-state index in [1.807, 2.05) is 18.2 Å². The molecule has 1 fully saturated rings. The summed E-state index contributed by atoms with van der Waals surface area (Å²) in [6.07, 6.45) is -3.85. The Labute approximate surface area is 240 Å². The summed E-state index contributed by atoms with van der Waals surface area (Å²) in [7, 11) is 0. The molecule has 0 spiro atoms. The minimum absolute atomic E-state index is 0.0884. The molecule has 0 radical (unpaired) electrons. The molecule has 0 saturated carbocycles. The van der Waals surface area contributed by atoms with Gasteiger partial charge in [0, 0.05) is 43.0 Å². The summed E-state index contributed by atoms with van der Waals surface area (Å²) in [4.78, 5) is 21.1. The molecule has 1 atom stereocenters. The number of carbonyl (C=O) groups is 1. The van der Waals surface area contributed by atoms with E-state index in [0.29, 0.717) is 35.1 Å². The topological polar surface area (TPSA) is 75.1 Å². The van der Waals surface area contributed by atoms with Gasteiger partial charge in [-0.15, -0.1) is 0 Å². The normalized spacial score (nSPS) is 16.1. The molecule has 7 nitrogen and oxygen atoms in total. The maximum Gasteiger partial charge on any atom is 0.417 e. The first-order chi connectivity index (χ1) is 18.9. The van der Waals surface area contributed by atoms with E-state index in [0.717, 1.165) is 23.4 Å². The zero-order valence-electron chi connectivity index (χ0n) is 21.8. The third-order valence-electron chi connectivity index (χ3n) is 6.45. The predicted octanol–water partition coefficient (Wildman–Crippen LogP) is 6.03. The molecule has 4 rings (SSSR count). The number of carbonyl (C=O) groups excluding carboxylic acids is 1. The Morgan fingerprint density at radius 3 is 2.40 bits per heavy atom. The largest absolute Gasteiger partial charge is 0.491 e. The smallest absolute Gasteiger partial charge is 0.417 e. The number of ether oxygens (including phenoxy) is 2. The van der Waals surface area contributed by atoms with E-state index in [-0.39, 0.29) is 37.6 Å². The number of piperazine rings is 1. The van der Waals surface area contributed by atoms with Crippen molar-refractivity contribution >= 4 is 34.8 Å². The first kappa shape index (κ1) is 29.8. The summed E-state index contributed by atoms with van der Waals surface area (Å²) in [6, 6.07) is 14.3. The average Bonchev–Trinajstić information content (AvgIpc) is 2.91. The SMILES string of the molecule is CC(C)(Oc1ccc(C(F)(F)F)cn1)C(=O)N1CCN(c2ccc(OCCO)cc2Cl)[C@H](c2ccc(Cl)cc2)C1. The second-order valence-electron chi connectivity index (χ2n) is 9.69. The van der Waals surface area contributed by atoms with E-state index < -0.39 is 17.3 Å². The Morgan fingerprint density at radius 2 is 1.80 bits per heavy atom. The van der Waals surface area contributed by atoms with Crippen LogP contribution in [0.1, 0.15) is 31.0 Å². The van der Waals surface area contributed by atoms with E-state index in [4.69, 9.17) is 37.8 Å². The van der Waals surface area contributed by atoms with Crippen LogP contribution < -0.4 is 14.4 Å². The highest BCUT2D eigenvalue weighted by Gasteiger charge is 2.40. The van der Waals surface area contributed by atoms with E-state index in [2.05, 4.69) is 9.88 Å². The van der Waals surface area contributed by atoms with Gasteiger partial charge in [-0.05, 0) is 49.7 Å². The maximum absolute atomic E-state index is 13.6. The first-order valence-corrected chi connectivity index (χ1v) is 13.2. The van der Waals surface area contributed by atoms with Gasteiger partial charge in [0.05, 0.1) is 28.9 Å². The fourth-order valence-electron chi connectivity index (χ4n) is 4.49. The molecular formula is C28H28Cl2F3N3O4. The van der Waals surface area contributed by atoms with Crippen molar-refractivity contribution in [3.8, 4) is 11.6 Å². The lowest BCUT2D eigenvalue weighted by Crippen LogP contribution is -2.56. The summed E-state index contributed by atoms with van der Waals surface area (Å²) >= 11 is 12.8. The average molecular weight is 598 g/mol. The summed E-state index contributed by atoms with van der Waals surface area (Å²) in [5.41, 5.74) is -0.656. The molecule has 3 aromatic rings. The van der Waals surface area contributed by atoms with Crippen LogP contribution >= 0.6 is 23.2 Å². The minimum atomic E-state index is -4.52. The quantitative estimate of drug-likeness (QED) is 0.342. The molecule has 1 aliphatic rings. The van der Waals surface area contributed by atoms with Gasteiger partial charge in [0.1, 0.15) is 12.4 Å². The second kappa shape index (κ2) is 12.1. The molecule has 1 N–H and O–H groups in total. The molecule has 2 aromatic carbocycles. The van der Waals surface area contributed by atoms with Crippen LogP contribution in [-0.2, 0) is 11.0 Å². The van der Waals surface area contributed by atoms with Crippen molar-refractivity contribution in [2.24, 2.45) is 0 Å². The van der Waals surface area contributed by atoms with Gasteiger partial charge in [-0.3, -0.25) is 4.79 Å². The van der Waals surface area contributed by atoms with Crippen LogP contribution in [0.25, 0.3) is 0 Å².